The van der Waals surface area contributed by atoms with Gasteiger partial charge in [-0.15, -0.1) is 0 Å². The summed E-state index contributed by atoms with van der Waals surface area (Å²) >= 11 is 12.1. The van der Waals surface area contributed by atoms with Gasteiger partial charge in [-0.2, -0.15) is 26.3 Å². The number of anilines is 1. The number of rotatable bonds is 7. The molecule has 1 fully saturated rings. The van der Waals surface area contributed by atoms with Gasteiger partial charge < -0.3 is 14.7 Å². The van der Waals surface area contributed by atoms with E-state index in [0.717, 1.165) is 6.42 Å². The molecule has 1 N–H and O–H groups in total. The summed E-state index contributed by atoms with van der Waals surface area (Å²) in [5, 5.41) is 9.98. The Bertz CT molecular complexity index is 963. The molecular formula is C23H23Cl2F6NO2. The molecule has 3 rings (SSSR count). The van der Waals surface area contributed by atoms with Crippen molar-refractivity contribution >= 4 is 28.9 Å². The summed E-state index contributed by atoms with van der Waals surface area (Å²) in [7, 11) is 0. The molecule has 2 aromatic rings. The van der Waals surface area contributed by atoms with Crippen molar-refractivity contribution in [1.82, 2.24) is 0 Å². The van der Waals surface area contributed by atoms with Crippen molar-refractivity contribution in [1.29, 1.82) is 0 Å². The third kappa shape index (κ3) is 6.64. The molecule has 2 atom stereocenters. The van der Waals surface area contributed by atoms with Gasteiger partial charge >= 0.3 is 12.4 Å². The van der Waals surface area contributed by atoms with Crippen molar-refractivity contribution in [3.63, 3.8) is 0 Å². The number of nitrogens with zero attached hydrogens (tertiary/aromatic N) is 1. The summed E-state index contributed by atoms with van der Waals surface area (Å²) in [6, 6.07) is 7.63. The van der Waals surface area contributed by atoms with E-state index in [1.165, 1.54) is 36.4 Å². The number of hydrogen-bond donors (Lipinski definition) is 1. The third-order valence-corrected chi connectivity index (χ3v) is 6.61. The second-order valence-electron chi connectivity index (χ2n) is 8.25. The number of ether oxygens (including phenoxy) is 1. The lowest BCUT2D eigenvalue weighted by molar-refractivity contribution is -0.204. The van der Waals surface area contributed by atoms with Crippen LogP contribution in [0.3, 0.4) is 0 Å². The van der Waals surface area contributed by atoms with Crippen LogP contribution in [0.5, 0.6) is 11.5 Å². The van der Waals surface area contributed by atoms with Crippen LogP contribution in [0.2, 0.25) is 10.0 Å². The molecule has 188 valence electrons. The van der Waals surface area contributed by atoms with E-state index in [9.17, 15) is 31.4 Å². The lowest BCUT2D eigenvalue weighted by Gasteiger charge is -2.42. The van der Waals surface area contributed by atoms with Crippen molar-refractivity contribution < 1.29 is 36.2 Å². The molecule has 2 aromatic carbocycles. The van der Waals surface area contributed by atoms with E-state index in [1.807, 2.05) is 0 Å². The van der Waals surface area contributed by atoms with Crippen molar-refractivity contribution in [3.05, 3.63) is 52.5 Å². The molecule has 0 aliphatic heterocycles. The van der Waals surface area contributed by atoms with Gasteiger partial charge in [0.05, 0.1) is 11.6 Å². The zero-order valence-corrected chi connectivity index (χ0v) is 19.4. The van der Waals surface area contributed by atoms with Crippen LogP contribution >= 0.6 is 23.2 Å². The zero-order valence-electron chi connectivity index (χ0n) is 17.8. The summed E-state index contributed by atoms with van der Waals surface area (Å²) in [6.45, 7) is -1.27. The summed E-state index contributed by atoms with van der Waals surface area (Å²) < 4.78 is 87.9. The van der Waals surface area contributed by atoms with Crippen molar-refractivity contribution in [2.45, 2.75) is 56.6 Å². The monoisotopic (exact) mass is 529 g/mol. The minimum atomic E-state index is -5.08. The first-order valence-corrected chi connectivity index (χ1v) is 11.4. The first-order chi connectivity index (χ1) is 15.9. The number of benzene rings is 2. The Kier molecular flexibility index (Phi) is 8.52. The molecule has 11 heteroatoms. The topological polar surface area (TPSA) is 32.7 Å². The minimum Gasteiger partial charge on any atom is -0.456 e. The largest absolute Gasteiger partial charge is 0.456 e. The van der Waals surface area contributed by atoms with E-state index in [0.29, 0.717) is 17.7 Å². The standard InChI is InChI=1S/C23H23Cl2F6NO2/c24-17-10-5-11-18(20(17)25)34-16-9-4-8-15(12-16)32(13-19(33)22(26,27)28)21(23(29,30)31)14-6-2-1-3-7-14/h4-5,8-12,14,19,21,33H,1-3,6-7,13H2. The molecule has 34 heavy (non-hydrogen) atoms. The lowest BCUT2D eigenvalue weighted by atomic mass is 9.82. The van der Waals surface area contributed by atoms with Gasteiger partial charge in [0.15, 0.2) is 6.10 Å². The molecule has 0 aromatic heterocycles. The molecule has 1 aliphatic carbocycles. The van der Waals surface area contributed by atoms with Gasteiger partial charge in [-0.05, 0) is 43.0 Å². The molecule has 0 heterocycles. The molecular weight excluding hydrogens is 507 g/mol. The maximum Gasteiger partial charge on any atom is 0.416 e. The van der Waals surface area contributed by atoms with Crippen LogP contribution in [0.15, 0.2) is 42.5 Å². The maximum absolute atomic E-state index is 14.3. The van der Waals surface area contributed by atoms with E-state index in [4.69, 9.17) is 27.9 Å². The van der Waals surface area contributed by atoms with E-state index in [1.54, 1.807) is 6.07 Å². The molecule has 0 saturated heterocycles. The Morgan fingerprint density at radius 1 is 0.941 bits per heavy atom. The van der Waals surface area contributed by atoms with Crippen molar-refractivity contribution in [2.24, 2.45) is 5.92 Å². The fourth-order valence-corrected chi connectivity index (χ4v) is 4.56. The Balaban J connectivity index is 2.01. The van der Waals surface area contributed by atoms with Crippen LogP contribution in [0.1, 0.15) is 32.1 Å². The fourth-order valence-electron chi connectivity index (χ4n) is 4.23. The number of halogens is 8. The van der Waals surface area contributed by atoms with E-state index < -0.39 is 37.0 Å². The van der Waals surface area contributed by atoms with Crippen molar-refractivity contribution in [3.8, 4) is 11.5 Å². The molecule has 3 nitrogen and oxygen atoms in total. The summed E-state index contributed by atoms with van der Waals surface area (Å²) in [5.41, 5.74) is -0.160. The fraction of sp³-hybridized carbons (Fsp3) is 0.478. The van der Waals surface area contributed by atoms with Gasteiger partial charge in [0.2, 0.25) is 0 Å². The minimum absolute atomic E-state index is 0.0535. The smallest absolute Gasteiger partial charge is 0.416 e. The van der Waals surface area contributed by atoms with Crippen LogP contribution in [-0.2, 0) is 0 Å². The van der Waals surface area contributed by atoms with Crippen LogP contribution in [0, 0.1) is 5.92 Å². The van der Waals surface area contributed by atoms with Gasteiger partial charge in [-0.1, -0.05) is 54.6 Å². The number of hydrogen-bond acceptors (Lipinski definition) is 3. The third-order valence-electron chi connectivity index (χ3n) is 5.81. The number of aliphatic hydroxyl groups is 1. The average Bonchev–Trinajstić information content (AvgIpc) is 2.76. The van der Waals surface area contributed by atoms with Gasteiger partial charge in [0.1, 0.15) is 22.6 Å². The Labute approximate surface area is 203 Å². The number of aliphatic hydroxyl groups excluding tert-OH is 1. The SMILES string of the molecule is OC(CN(c1cccc(Oc2cccc(Cl)c2Cl)c1)C(C1CCCCC1)C(F)(F)F)C(F)(F)F. The highest BCUT2D eigenvalue weighted by atomic mass is 35.5. The highest BCUT2D eigenvalue weighted by molar-refractivity contribution is 6.42. The predicted octanol–water partition coefficient (Wildman–Crippen LogP) is 8.03. The Hall–Kier alpha value is -1.84. The van der Waals surface area contributed by atoms with Crippen LogP contribution in [0.25, 0.3) is 0 Å². The molecule has 1 aliphatic rings. The highest BCUT2D eigenvalue weighted by Crippen LogP contribution is 2.42. The lowest BCUT2D eigenvalue weighted by Crippen LogP contribution is -2.55. The van der Waals surface area contributed by atoms with Crippen LogP contribution in [0.4, 0.5) is 32.0 Å². The van der Waals surface area contributed by atoms with E-state index in [2.05, 4.69) is 0 Å². The van der Waals surface area contributed by atoms with Gasteiger partial charge in [-0.3, -0.25) is 0 Å². The molecule has 0 amide bonds. The molecule has 1 saturated carbocycles. The Morgan fingerprint density at radius 3 is 2.21 bits per heavy atom. The van der Waals surface area contributed by atoms with Crippen molar-refractivity contribution in [2.75, 3.05) is 11.4 Å². The van der Waals surface area contributed by atoms with Gasteiger partial charge in [0.25, 0.3) is 0 Å². The molecule has 0 bridgehead atoms. The van der Waals surface area contributed by atoms with Gasteiger partial charge in [0, 0.05) is 11.8 Å². The maximum atomic E-state index is 14.3. The first-order valence-electron chi connectivity index (χ1n) is 10.7. The predicted molar refractivity (Wildman–Crippen MR) is 119 cm³/mol. The summed E-state index contributed by atoms with van der Waals surface area (Å²) in [6.07, 6.45) is -10.5. The van der Waals surface area contributed by atoms with E-state index >= 15 is 0 Å². The normalized spacial score (nSPS) is 17.3. The first kappa shape index (κ1) is 26.8. The van der Waals surface area contributed by atoms with E-state index in [-0.39, 0.29) is 40.1 Å². The molecule has 0 radical (unpaired) electrons. The second-order valence-corrected chi connectivity index (χ2v) is 9.03. The second kappa shape index (κ2) is 10.8. The zero-order chi connectivity index (χ0) is 25.1. The summed E-state index contributed by atoms with van der Waals surface area (Å²) in [4.78, 5) is 0.598. The molecule has 0 spiro atoms. The van der Waals surface area contributed by atoms with Gasteiger partial charge in [-0.25, -0.2) is 0 Å². The van der Waals surface area contributed by atoms with Crippen LogP contribution < -0.4 is 9.64 Å². The number of alkyl halides is 6. The molecule has 2 unspecified atom stereocenters. The summed E-state index contributed by atoms with van der Waals surface area (Å²) in [5.74, 6) is -0.716. The highest BCUT2D eigenvalue weighted by Gasteiger charge is 2.50. The quantitative estimate of drug-likeness (QED) is 0.368. The Morgan fingerprint density at radius 2 is 1.59 bits per heavy atom. The van der Waals surface area contributed by atoms with Crippen LogP contribution in [-0.4, -0.2) is 36.1 Å². The average molecular weight is 530 g/mol.